The highest BCUT2D eigenvalue weighted by atomic mass is 35.5. The molecule has 3 N–H and O–H groups in total. The first-order valence-electron chi connectivity index (χ1n) is 6.12. The van der Waals surface area contributed by atoms with Crippen LogP contribution in [0.5, 0.6) is 0 Å². The lowest BCUT2D eigenvalue weighted by atomic mass is 10.00. The van der Waals surface area contributed by atoms with Gasteiger partial charge in [0.15, 0.2) is 5.82 Å². The number of H-pyrrole nitrogens is 1. The van der Waals surface area contributed by atoms with Crippen molar-refractivity contribution in [3.63, 3.8) is 0 Å². The quantitative estimate of drug-likeness (QED) is 0.743. The monoisotopic (exact) mass is 305 g/mol. The minimum Gasteiger partial charge on any atom is -0.382 e. The molecule has 21 heavy (non-hydrogen) atoms. The number of rotatable bonds is 2. The number of hydrogen-bond donors (Lipinski definition) is 2. The van der Waals surface area contributed by atoms with Crippen LogP contribution in [0.2, 0.25) is 5.02 Å². The number of hydrogen-bond acceptors (Lipinski definition) is 2. The molecule has 0 bridgehead atoms. The first kappa shape index (κ1) is 13.6. The molecule has 0 radical (unpaired) electrons. The Morgan fingerprint density at radius 3 is 2.38 bits per heavy atom. The summed E-state index contributed by atoms with van der Waals surface area (Å²) < 4.78 is 28.1. The molecule has 0 aliphatic rings. The van der Waals surface area contributed by atoms with E-state index in [0.29, 0.717) is 5.56 Å². The summed E-state index contributed by atoms with van der Waals surface area (Å²) in [6, 6.07) is 10.4. The number of aromatic amines is 1. The normalized spacial score (nSPS) is 10.8. The van der Waals surface area contributed by atoms with E-state index < -0.39 is 11.6 Å². The fourth-order valence-electron chi connectivity index (χ4n) is 2.21. The molecule has 2 aromatic carbocycles. The van der Waals surface area contributed by atoms with E-state index in [1.54, 1.807) is 24.3 Å². The van der Waals surface area contributed by atoms with Gasteiger partial charge in [-0.1, -0.05) is 35.9 Å². The Balaban J connectivity index is 2.31. The maximum absolute atomic E-state index is 14.1. The van der Waals surface area contributed by atoms with Gasteiger partial charge in [0.2, 0.25) is 0 Å². The van der Waals surface area contributed by atoms with E-state index in [1.807, 2.05) is 0 Å². The zero-order valence-electron chi connectivity index (χ0n) is 10.7. The summed E-state index contributed by atoms with van der Waals surface area (Å²) in [5.74, 6) is -0.933. The van der Waals surface area contributed by atoms with Crippen LogP contribution in [0.25, 0.3) is 22.4 Å². The number of nitrogens with one attached hydrogen (secondary N) is 1. The summed E-state index contributed by atoms with van der Waals surface area (Å²) in [7, 11) is 0. The summed E-state index contributed by atoms with van der Waals surface area (Å²) in [4.78, 5) is 0. The van der Waals surface area contributed by atoms with Crippen LogP contribution in [0.4, 0.5) is 14.6 Å². The van der Waals surface area contributed by atoms with Crippen molar-refractivity contribution in [2.24, 2.45) is 0 Å². The van der Waals surface area contributed by atoms with Crippen LogP contribution in [0, 0.1) is 11.6 Å². The Labute approximate surface area is 124 Å². The first-order chi connectivity index (χ1) is 10.1. The Morgan fingerprint density at radius 1 is 0.952 bits per heavy atom. The van der Waals surface area contributed by atoms with Crippen molar-refractivity contribution < 1.29 is 8.78 Å². The van der Waals surface area contributed by atoms with Crippen LogP contribution in [0.3, 0.4) is 0 Å². The van der Waals surface area contributed by atoms with Gasteiger partial charge in [0.1, 0.15) is 11.6 Å². The highest BCUT2D eigenvalue weighted by Crippen LogP contribution is 2.39. The molecule has 1 aromatic heterocycles. The third kappa shape index (κ3) is 2.25. The van der Waals surface area contributed by atoms with Crippen LogP contribution in [-0.2, 0) is 0 Å². The van der Waals surface area contributed by atoms with E-state index in [4.69, 9.17) is 17.3 Å². The summed E-state index contributed by atoms with van der Waals surface area (Å²) in [5.41, 5.74) is 6.69. The Kier molecular flexibility index (Phi) is 3.35. The lowest BCUT2D eigenvalue weighted by Crippen LogP contribution is -1.93. The molecule has 0 fully saturated rings. The van der Waals surface area contributed by atoms with Gasteiger partial charge >= 0.3 is 0 Å². The standard InChI is InChI=1S/C15H10ClF2N3/c16-9-5-3-7-11(18)13(9)14-12(15(19)21-20-14)8-4-1-2-6-10(8)17/h1-7H,(H3,19,20,21). The lowest BCUT2D eigenvalue weighted by Gasteiger charge is -2.08. The average molecular weight is 306 g/mol. The fourth-order valence-corrected chi connectivity index (χ4v) is 2.47. The van der Waals surface area contributed by atoms with Gasteiger partial charge in [-0.3, -0.25) is 5.10 Å². The molecule has 3 nitrogen and oxygen atoms in total. The highest BCUT2D eigenvalue weighted by Gasteiger charge is 2.21. The number of nitrogen functional groups attached to an aromatic ring is 1. The second-order valence-corrected chi connectivity index (χ2v) is 4.84. The smallest absolute Gasteiger partial charge is 0.153 e. The van der Waals surface area contributed by atoms with E-state index in [-0.39, 0.29) is 27.7 Å². The second-order valence-electron chi connectivity index (χ2n) is 4.44. The number of nitrogens with zero attached hydrogens (tertiary/aromatic N) is 1. The van der Waals surface area contributed by atoms with Crippen molar-refractivity contribution in [2.45, 2.75) is 0 Å². The minimum absolute atomic E-state index is 0.0782. The molecule has 6 heteroatoms. The molecule has 0 saturated carbocycles. The summed E-state index contributed by atoms with van der Waals surface area (Å²) in [5, 5.41) is 6.68. The van der Waals surface area contributed by atoms with E-state index in [2.05, 4.69) is 10.2 Å². The zero-order chi connectivity index (χ0) is 15.0. The molecule has 0 unspecified atom stereocenters. The van der Waals surface area contributed by atoms with E-state index in [9.17, 15) is 8.78 Å². The van der Waals surface area contributed by atoms with Crippen LogP contribution in [0.1, 0.15) is 0 Å². The number of aromatic nitrogens is 2. The summed E-state index contributed by atoms with van der Waals surface area (Å²) in [6.45, 7) is 0. The maximum Gasteiger partial charge on any atom is 0.153 e. The number of halogens is 3. The molecular weight excluding hydrogens is 296 g/mol. The fraction of sp³-hybridized carbons (Fsp3) is 0. The zero-order valence-corrected chi connectivity index (χ0v) is 11.5. The van der Waals surface area contributed by atoms with Crippen molar-refractivity contribution >= 4 is 17.4 Å². The van der Waals surface area contributed by atoms with E-state index in [1.165, 1.54) is 18.2 Å². The molecule has 1 heterocycles. The molecule has 0 spiro atoms. The number of benzene rings is 2. The maximum atomic E-state index is 14.1. The number of anilines is 1. The van der Waals surface area contributed by atoms with Crippen molar-refractivity contribution in [1.82, 2.24) is 10.2 Å². The van der Waals surface area contributed by atoms with Gasteiger partial charge in [-0.25, -0.2) is 8.78 Å². The second kappa shape index (κ2) is 5.18. The molecule has 0 saturated heterocycles. The predicted molar refractivity (Wildman–Crippen MR) is 78.8 cm³/mol. The lowest BCUT2D eigenvalue weighted by molar-refractivity contribution is 0.629. The highest BCUT2D eigenvalue weighted by molar-refractivity contribution is 6.33. The van der Waals surface area contributed by atoms with Gasteiger partial charge in [0, 0.05) is 5.56 Å². The van der Waals surface area contributed by atoms with Gasteiger partial charge in [-0.15, -0.1) is 0 Å². The third-order valence-corrected chi connectivity index (χ3v) is 3.47. The van der Waals surface area contributed by atoms with Crippen LogP contribution in [0.15, 0.2) is 42.5 Å². The van der Waals surface area contributed by atoms with Crippen LogP contribution in [-0.4, -0.2) is 10.2 Å². The molecule has 0 aliphatic heterocycles. The summed E-state index contributed by atoms with van der Waals surface area (Å²) >= 11 is 6.05. The van der Waals surface area contributed by atoms with Crippen LogP contribution < -0.4 is 5.73 Å². The molecular formula is C15H10ClF2N3. The first-order valence-corrected chi connectivity index (χ1v) is 6.50. The molecule has 0 amide bonds. The summed E-state index contributed by atoms with van der Waals surface area (Å²) in [6.07, 6.45) is 0. The minimum atomic E-state index is -0.538. The van der Waals surface area contributed by atoms with Crippen molar-refractivity contribution in [2.75, 3.05) is 5.73 Å². The Hall–Kier alpha value is -2.40. The Morgan fingerprint density at radius 2 is 1.67 bits per heavy atom. The molecule has 106 valence electrons. The number of nitrogens with two attached hydrogens (primary N) is 1. The van der Waals surface area contributed by atoms with Gasteiger partial charge in [-0.05, 0) is 18.2 Å². The van der Waals surface area contributed by atoms with Crippen molar-refractivity contribution in [1.29, 1.82) is 0 Å². The Bertz CT molecular complexity index is 794. The predicted octanol–water partition coefficient (Wildman–Crippen LogP) is 4.26. The topological polar surface area (TPSA) is 54.7 Å². The van der Waals surface area contributed by atoms with Gasteiger partial charge in [0.25, 0.3) is 0 Å². The molecule has 3 aromatic rings. The molecule has 0 atom stereocenters. The molecule has 3 rings (SSSR count). The van der Waals surface area contributed by atoms with Crippen molar-refractivity contribution in [3.8, 4) is 22.4 Å². The van der Waals surface area contributed by atoms with Crippen LogP contribution >= 0.6 is 11.6 Å². The SMILES string of the molecule is Nc1n[nH]c(-c2c(F)cccc2Cl)c1-c1ccccc1F. The largest absolute Gasteiger partial charge is 0.382 e. The van der Waals surface area contributed by atoms with E-state index >= 15 is 0 Å². The van der Waals surface area contributed by atoms with Gasteiger partial charge < -0.3 is 5.73 Å². The third-order valence-electron chi connectivity index (χ3n) is 3.15. The van der Waals surface area contributed by atoms with Crippen molar-refractivity contribution in [3.05, 3.63) is 59.1 Å². The molecule has 0 aliphatic carbocycles. The average Bonchev–Trinajstić information content (AvgIpc) is 2.81. The van der Waals surface area contributed by atoms with Gasteiger partial charge in [0.05, 0.1) is 21.8 Å². The van der Waals surface area contributed by atoms with Gasteiger partial charge in [-0.2, -0.15) is 5.10 Å². The van der Waals surface area contributed by atoms with E-state index in [0.717, 1.165) is 0 Å².